The number of carbonyl (C=O) groups is 1. The van der Waals surface area contributed by atoms with Crippen molar-refractivity contribution in [3.63, 3.8) is 0 Å². The van der Waals surface area contributed by atoms with E-state index in [1.165, 1.54) is 6.92 Å². The lowest BCUT2D eigenvalue weighted by Gasteiger charge is -2.11. The number of nitrogens with one attached hydrogen (secondary N) is 1. The Hall–Kier alpha value is -1.24. The second-order valence-electron chi connectivity index (χ2n) is 4.60. The van der Waals surface area contributed by atoms with Crippen LogP contribution in [0.4, 0.5) is 13.2 Å². The minimum atomic E-state index is -4.59. The van der Waals surface area contributed by atoms with Crippen molar-refractivity contribution in [2.24, 2.45) is 0 Å². The molecule has 0 fully saturated rings. The Kier molecular flexibility index (Phi) is 5.44. The number of hydrogen-bond donors (Lipinski definition) is 1. The van der Waals surface area contributed by atoms with Crippen LogP contribution in [0.2, 0.25) is 5.02 Å². The zero-order chi connectivity index (χ0) is 15.5. The number of hydrogen-bond acceptors (Lipinski definition) is 2. The number of aromatic nitrogens is 2. The molecule has 1 unspecified atom stereocenters. The molecule has 0 spiro atoms. The lowest BCUT2D eigenvalue weighted by atomic mass is 10.2. The average molecular weight is 312 g/mol. The minimum Gasteiger partial charge on any atom is -0.354 e. The maximum Gasteiger partial charge on any atom is 0.436 e. The highest BCUT2D eigenvalue weighted by Gasteiger charge is 2.38. The third kappa shape index (κ3) is 4.13. The van der Waals surface area contributed by atoms with Crippen molar-refractivity contribution < 1.29 is 18.0 Å². The molecule has 0 aromatic carbocycles. The second-order valence-corrected chi connectivity index (χ2v) is 4.97. The summed E-state index contributed by atoms with van der Waals surface area (Å²) in [6.07, 6.45) is -3.75. The summed E-state index contributed by atoms with van der Waals surface area (Å²) in [5, 5.41) is 5.75. The van der Waals surface area contributed by atoms with Crippen LogP contribution in [0.5, 0.6) is 0 Å². The van der Waals surface area contributed by atoms with Crippen LogP contribution in [0.3, 0.4) is 0 Å². The number of amides is 1. The van der Waals surface area contributed by atoms with Crippen LogP contribution in [-0.2, 0) is 17.5 Å². The van der Waals surface area contributed by atoms with E-state index in [0.717, 1.165) is 11.1 Å². The molecule has 0 bridgehead atoms. The number of nitrogens with zero attached hydrogens (tertiary/aromatic N) is 2. The van der Waals surface area contributed by atoms with E-state index in [4.69, 9.17) is 11.6 Å². The Bertz CT molecular complexity index is 485. The second kappa shape index (κ2) is 6.47. The van der Waals surface area contributed by atoms with Gasteiger partial charge in [-0.1, -0.05) is 18.5 Å². The molecule has 0 saturated heterocycles. The smallest absolute Gasteiger partial charge is 0.354 e. The van der Waals surface area contributed by atoms with Gasteiger partial charge in [0.1, 0.15) is 0 Å². The van der Waals surface area contributed by atoms with Gasteiger partial charge in [0.05, 0.1) is 17.3 Å². The minimum absolute atomic E-state index is 0.0375. The van der Waals surface area contributed by atoms with Crippen LogP contribution in [0.25, 0.3) is 0 Å². The lowest BCUT2D eigenvalue weighted by molar-refractivity contribution is -0.141. The number of rotatable bonds is 5. The molecule has 8 heteroatoms. The van der Waals surface area contributed by atoms with Crippen molar-refractivity contribution in [1.82, 2.24) is 15.1 Å². The van der Waals surface area contributed by atoms with Crippen LogP contribution < -0.4 is 5.32 Å². The Balaban J connectivity index is 2.73. The molecule has 1 atom stereocenters. The predicted molar refractivity (Wildman–Crippen MR) is 69.5 cm³/mol. The summed E-state index contributed by atoms with van der Waals surface area (Å²) in [5.41, 5.74) is -0.908. The largest absolute Gasteiger partial charge is 0.436 e. The highest BCUT2D eigenvalue weighted by atomic mass is 35.5. The van der Waals surface area contributed by atoms with E-state index in [2.05, 4.69) is 10.4 Å². The van der Waals surface area contributed by atoms with Crippen molar-refractivity contribution in [1.29, 1.82) is 0 Å². The van der Waals surface area contributed by atoms with Crippen molar-refractivity contribution >= 4 is 17.5 Å². The molecular weight excluding hydrogens is 295 g/mol. The Morgan fingerprint density at radius 3 is 2.55 bits per heavy atom. The first-order valence-electron chi connectivity index (χ1n) is 6.26. The molecular formula is C12H17ClF3N3O. The first-order valence-corrected chi connectivity index (χ1v) is 6.64. The lowest BCUT2D eigenvalue weighted by Crippen LogP contribution is -2.32. The third-order valence-corrected chi connectivity index (χ3v) is 3.42. The summed E-state index contributed by atoms with van der Waals surface area (Å²) in [5.74, 6) is -0.223. The fourth-order valence-corrected chi connectivity index (χ4v) is 1.82. The third-order valence-electron chi connectivity index (χ3n) is 2.97. The first kappa shape index (κ1) is 16.8. The number of carbonyl (C=O) groups excluding carboxylic acids is 1. The van der Waals surface area contributed by atoms with Gasteiger partial charge >= 0.3 is 6.18 Å². The summed E-state index contributed by atoms with van der Waals surface area (Å²) in [7, 11) is 0. The van der Waals surface area contributed by atoms with E-state index in [1.807, 2.05) is 13.8 Å². The number of alkyl halides is 3. The fourth-order valence-electron chi connectivity index (χ4n) is 1.58. The molecule has 1 heterocycles. The Morgan fingerprint density at radius 2 is 2.10 bits per heavy atom. The molecule has 114 valence electrons. The number of aryl methyl sites for hydroxylation is 1. The molecule has 20 heavy (non-hydrogen) atoms. The van der Waals surface area contributed by atoms with Gasteiger partial charge in [0.25, 0.3) is 0 Å². The van der Waals surface area contributed by atoms with Crippen molar-refractivity contribution in [3.05, 3.63) is 16.4 Å². The van der Waals surface area contributed by atoms with Gasteiger partial charge in [-0.25, -0.2) is 0 Å². The number of halogens is 4. The first-order chi connectivity index (χ1) is 9.16. The highest BCUT2D eigenvalue weighted by Crippen LogP contribution is 2.35. The fraction of sp³-hybridized carbons (Fsp3) is 0.667. The van der Waals surface area contributed by atoms with E-state index in [-0.39, 0.29) is 30.6 Å². The summed E-state index contributed by atoms with van der Waals surface area (Å²) >= 11 is 5.62. The normalized spacial score (nSPS) is 13.3. The van der Waals surface area contributed by atoms with Crippen LogP contribution in [0.1, 0.15) is 38.1 Å². The van der Waals surface area contributed by atoms with Gasteiger partial charge in [0.2, 0.25) is 5.91 Å². The molecule has 0 radical (unpaired) electrons. The molecule has 1 rings (SSSR count). The van der Waals surface area contributed by atoms with E-state index in [9.17, 15) is 18.0 Å². The molecule has 1 N–H and O–H groups in total. The van der Waals surface area contributed by atoms with Gasteiger partial charge in [-0.15, -0.1) is 0 Å². The predicted octanol–water partition coefficient (Wildman–Crippen LogP) is 3.17. The van der Waals surface area contributed by atoms with Gasteiger partial charge in [-0.3, -0.25) is 9.48 Å². The summed E-state index contributed by atoms with van der Waals surface area (Å²) < 4.78 is 39.0. The topological polar surface area (TPSA) is 46.9 Å². The molecule has 4 nitrogen and oxygen atoms in total. The van der Waals surface area contributed by atoms with Gasteiger partial charge in [-0.05, 0) is 20.3 Å². The summed E-state index contributed by atoms with van der Waals surface area (Å²) in [4.78, 5) is 11.6. The summed E-state index contributed by atoms with van der Waals surface area (Å²) in [6, 6.07) is 0.0375. The van der Waals surface area contributed by atoms with Crippen molar-refractivity contribution in [2.45, 2.75) is 52.4 Å². The van der Waals surface area contributed by atoms with E-state index in [1.54, 1.807) is 0 Å². The zero-order valence-electron chi connectivity index (χ0n) is 11.5. The van der Waals surface area contributed by atoms with Crippen LogP contribution in [0, 0.1) is 6.92 Å². The zero-order valence-corrected chi connectivity index (χ0v) is 12.3. The maximum absolute atomic E-state index is 12.6. The Morgan fingerprint density at radius 1 is 1.50 bits per heavy atom. The molecule has 1 aromatic rings. The molecule has 1 aromatic heterocycles. The molecule has 1 amide bonds. The van der Waals surface area contributed by atoms with E-state index in [0.29, 0.717) is 0 Å². The summed E-state index contributed by atoms with van der Waals surface area (Å²) in [6.45, 7) is 5.29. The van der Waals surface area contributed by atoms with Gasteiger partial charge < -0.3 is 5.32 Å². The maximum atomic E-state index is 12.6. The van der Waals surface area contributed by atoms with Crippen LogP contribution in [-0.4, -0.2) is 21.7 Å². The SMILES string of the molecule is CCC(C)NC(=O)CCn1nc(C(F)(F)F)c(Cl)c1C. The molecule has 0 aliphatic rings. The molecule has 0 aliphatic heterocycles. The monoisotopic (exact) mass is 311 g/mol. The van der Waals surface area contributed by atoms with Gasteiger partial charge in [-0.2, -0.15) is 18.3 Å². The van der Waals surface area contributed by atoms with E-state index < -0.39 is 16.9 Å². The van der Waals surface area contributed by atoms with Crippen molar-refractivity contribution in [2.75, 3.05) is 0 Å². The van der Waals surface area contributed by atoms with Crippen molar-refractivity contribution in [3.8, 4) is 0 Å². The molecule has 0 saturated carbocycles. The van der Waals surface area contributed by atoms with Gasteiger partial charge in [0, 0.05) is 12.5 Å². The van der Waals surface area contributed by atoms with Crippen LogP contribution >= 0.6 is 11.6 Å². The quantitative estimate of drug-likeness (QED) is 0.908. The molecule has 0 aliphatic carbocycles. The average Bonchev–Trinajstić information content (AvgIpc) is 2.63. The highest BCUT2D eigenvalue weighted by molar-refractivity contribution is 6.31. The van der Waals surface area contributed by atoms with E-state index >= 15 is 0 Å². The standard InChI is InChI=1S/C12H17ClF3N3O/c1-4-7(2)17-9(20)5-6-19-8(3)10(13)11(18-19)12(14,15)16/h7H,4-6H2,1-3H3,(H,17,20). The Labute approximate surface area is 120 Å². The van der Waals surface area contributed by atoms with Gasteiger partial charge in [0.15, 0.2) is 5.69 Å². The van der Waals surface area contributed by atoms with Crippen LogP contribution in [0.15, 0.2) is 0 Å².